The molecule has 0 aliphatic heterocycles. The van der Waals surface area contributed by atoms with Crippen molar-refractivity contribution in [2.45, 2.75) is 51.7 Å². The summed E-state index contributed by atoms with van der Waals surface area (Å²) < 4.78 is 7.06. The fourth-order valence-corrected chi connectivity index (χ4v) is 2.41. The third-order valence-corrected chi connectivity index (χ3v) is 3.24. The van der Waals surface area contributed by atoms with E-state index in [9.17, 15) is 4.79 Å². The van der Waals surface area contributed by atoms with Gasteiger partial charge in [-0.15, -0.1) is 0 Å². The Bertz CT molecular complexity index is 442. The summed E-state index contributed by atoms with van der Waals surface area (Å²) in [6, 6.07) is 0.261. The Morgan fingerprint density at radius 1 is 1.53 bits per heavy atom. The lowest BCUT2D eigenvalue weighted by Gasteiger charge is -2.36. The topological polar surface area (TPSA) is 56.2 Å². The number of carbonyl (C=O) groups is 1. The van der Waals surface area contributed by atoms with E-state index in [1.54, 1.807) is 0 Å². The summed E-state index contributed by atoms with van der Waals surface area (Å²) >= 11 is 0. The lowest BCUT2D eigenvalue weighted by atomic mass is 9.77. The van der Waals surface area contributed by atoms with E-state index in [1.807, 2.05) is 38.7 Å². The zero-order chi connectivity index (χ0) is 14.0. The van der Waals surface area contributed by atoms with E-state index in [4.69, 9.17) is 4.74 Å². The van der Waals surface area contributed by atoms with E-state index in [0.29, 0.717) is 5.92 Å². The summed E-state index contributed by atoms with van der Waals surface area (Å²) in [6.07, 6.45) is 6.74. The van der Waals surface area contributed by atoms with Gasteiger partial charge in [0.2, 0.25) is 0 Å². The third-order valence-electron chi connectivity index (χ3n) is 3.24. The van der Waals surface area contributed by atoms with Gasteiger partial charge in [-0.05, 0) is 51.5 Å². The molecular weight excluding hydrogens is 242 g/mol. The molecular formula is C14H23N3O2. The highest BCUT2D eigenvalue weighted by atomic mass is 16.6. The van der Waals surface area contributed by atoms with Crippen molar-refractivity contribution in [3.8, 4) is 0 Å². The molecule has 0 radical (unpaired) electrons. The standard InChI is InChI=1S/C14H23N3O2/c1-14(2,3)19-13(18)16-12-6-10(7-12)5-11-8-15-17(4)9-11/h8-10,12H,5-7H2,1-4H3,(H,16,18). The van der Waals surface area contributed by atoms with Crippen LogP contribution in [0.15, 0.2) is 12.4 Å². The van der Waals surface area contributed by atoms with Gasteiger partial charge in [0.05, 0.1) is 6.20 Å². The van der Waals surface area contributed by atoms with Gasteiger partial charge in [0.25, 0.3) is 0 Å². The van der Waals surface area contributed by atoms with Crippen LogP contribution >= 0.6 is 0 Å². The predicted octanol–water partition coefficient (Wildman–Crippen LogP) is 2.27. The molecule has 0 atom stereocenters. The smallest absolute Gasteiger partial charge is 0.407 e. The number of amides is 1. The second-order valence-electron chi connectivity index (χ2n) is 6.41. The lowest BCUT2D eigenvalue weighted by Crippen LogP contribution is -2.46. The molecule has 0 saturated heterocycles. The number of aryl methyl sites for hydroxylation is 1. The molecule has 1 fully saturated rings. The van der Waals surface area contributed by atoms with Crippen LogP contribution in [0.25, 0.3) is 0 Å². The Kier molecular flexibility index (Phi) is 3.83. The Labute approximate surface area is 114 Å². The number of hydrogen-bond acceptors (Lipinski definition) is 3. The second-order valence-corrected chi connectivity index (χ2v) is 6.41. The van der Waals surface area contributed by atoms with Gasteiger partial charge in [-0.25, -0.2) is 4.79 Å². The molecule has 1 saturated carbocycles. The highest BCUT2D eigenvalue weighted by Gasteiger charge is 2.31. The Morgan fingerprint density at radius 3 is 2.74 bits per heavy atom. The summed E-state index contributed by atoms with van der Waals surface area (Å²) in [5.74, 6) is 0.643. The molecule has 2 rings (SSSR count). The quantitative estimate of drug-likeness (QED) is 0.912. The maximum atomic E-state index is 11.6. The maximum absolute atomic E-state index is 11.6. The minimum absolute atomic E-state index is 0.261. The van der Waals surface area contributed by atoms with Crippen molar-refractivity contribution in [1.82, 2.24) is 15.1 Å². The van der Waals surface area contributed by atoms with E-state index in [0.717, 1.165) is 19.3 Å². The minimum atomic E-state index is -0.428. The van der Waals surface area contributed by atoms with Crippen molar-refractivity contribution in [3.05, 3.63) is 18.0 Å². The molecule has 1 aromatic heterocycles. The molecule has 0 spiro atoms. The number of aromatic nitrogens is 2. The van der Waals surface area contributed by atoms with Crippen LogP contribution in [0.3, 0.4) is 0 Å². The van der Waals surface area contributed by atoms with Gasteiger partial charge < -0.3 is 10.1 Å². The Hall–Kier alpha value is -1.52. The molecule has 5 heteroatoms. The summed E-state index contributed by atoms with van der Waals surface area (Å²) in [5.41, 5.74) is 0.839. The van der Waals surface area contributed by atoms with Crippen LogP contribution in [0.4, 0.5) is 4.79 Å². The summed E-state index contributed by atoms with van der Waals surface area (Å²) in [7, 11) is 1.93. The first-order valence-corrected chi connectivity index (χ1v) is 6.79. The first-order valence-electron chi connectivity index (χ1n) is 6.79. The molecule has 1 aliphatic carbocycles. The van der Waals surface area contributed by atoms with Crippen molar-refractivity contribution in [3.63, 3.8) is 0 Å². The molecule has 106 valence electrons. The number of ether oxygens (including phenoxy) is 1. The van der Waals surface area contributed by atoms with Crippen LogP contribution in [0.1, 0.15) is 39.2 Å². The van der Waals surface area contributed by atoms with Crippen molar-refractivity contribution in [2.24, 2.45) is 13.0 Å². The van der Waals surface area contributed by atoms with Gasteiger partial charge in [0.1, 0.15) is 5.60 Å². The first kappa shape index (κ1) is 13.9. The normalized spacial score (nSPS) is 22.7. The van der Waals surface area contributed by atoms with Crippen LogP contribution in [0, 0.1) is 5.92 Å². The van der Waals surface area contributed by atoms with E-state index >= 15 is 0 Å². The van der Waals surface area contributed by atoms with E-state index in [2.05, 4.69) is 16.6 Å². The maximum Gasteiger partial charge on any atom is 0.407 e. The van der Waals surface area contributed by atoms with Crippen LogP contribution in [-0.4, -0.2) is 27.5 Å². The molecule has 0 aromatic carbocycles. The average molecular weight is 265 g/mol. The molecule has 1 heterocycles. The first-order chi connectivity index (χ1) is 8.82. The van der Waals surface area contributed by atoms with Crippen molar-refractivity contribution >= 4 is 6.09 Å². The molecule has 1 aromatic rings. The number of rotatable bonds is 3. The monoisotopic (exact) mass is 265 g/mol. The fourth-order valence-electron chi connectivity index (χ4n) is 2.41. The molecule has 1 amide bonds. The van der Waals surface area contributed by atoms with Crippen LogP contribution in [-0.2, 0) is 18.2 Å². The summed E-state index contributed by atoms with van der Waals surface area (Å²) in [6.45, 7) is 5.62. The van der Waals surface area contributed by atoms with Gasteiger partial charge >= 0.3 is 6.09 Å². The van der Waals surface area contributed by atoms with E-state index in [-0.39, 0.29) is 12.1 Å². The number of hydrogen-bond donors (Lipinski definition) is 1. The van der Waals surface area contributed by atoms with E-state index < -0.39 is 5.60 Å². The molecule has 0 unspecified atom stereocenters. The number of carbonyl (C=O) groups excluding carboxylic acids is 1. The summed E-state index contributed by atoms with van der Waals surface area (Å²) in [4.78, 5) is 11.6. The lowest BCUT2D eigenvalue weighted by molar-refractivity contribution is 0.0452. The predicted molar refractivity (Wildman–Crippen MR) is 72.8 cm³/mol. The molecule has 1 aliphatic rings. The highest BCUT2D eigenvalue weighted by Crippen LogP contribution is 2.30. The van der Waals surface area contributed by atoms with Crippen molar-refractivity contribution < 1.29 is 9.53 Å². The highest BCUT2D eigenvalue weighted by molar-refractivity contribution is 5.68. The molecule has 0 bridgehead atoms. The van der Waals surface area contributed by atoms with Gasteiger partial charge in [-0.1, -0.05) is 0 Å². The number of nitrogens with zero attached hydrogens (tertiary/aromatic N) is 2. The summed E-state index contributed by atoms with van der Waals surface area (Å²) in [5, 5.41) is 7.07. The number of nitrogens with one attached hydrogen (secondary N) is 1. The van der Waals surface area contributed by atoms with Crippen LogP contribution < -0.4 is 5.32 Å². The molecule has 19 heavy (non-hydrogen) atoms. The van der Waals surface area contributed by atoms with Crippen LogP contribution in [0.2, 0.25) is 0 Å². The van der Waals surface area contributed by atoms with Crippen LogP contribution in [0.5, 0.6) is 0 Å². The Morgan fingerprint density at radius 2 is 2.21 bits per heavy atom. The van der Waals surface area contributed by atoms with Gasteiger partial charge in [-0.2, -0.15) is 5.10 Å². The third kappa shape index (κ3) is 4.26. The SMILES string of the molecule is Cn1cc(CC2CC(NC(=O)OC(C)(C)C)C2)cn1. The largest absolute Gasteiger partial charge is 0.444 e. The average Bonchev–Trinajstić information content (AvgIpc) is 2.58. The fraction of sp³-hybridized carbons (Fsp3) is 0.714. The Balaban J connectivity index is 1.67. The molecule has 1 N–H and O–H groups in total. The zero-order valence-corrected chi connectivity index (χ0v) is 12.1. The molecule has 5 nitrogen and oxygen atoms in total. The van der Waals surface area contributed by atoms with Crippen molar-refractivity contribution in [1.29, 1.82) is 0 Å². The van der Waals surface area contributed by atoms with Gasteiger partial charge in [0, 0.05) is 19.3 Å². The van der Waals surface area contributed by atoms with Gasteiger partial charge in [-0.3, -0.25) is 4.68 Å². The van der Waals surface area contributed by atoms with Crippen molar-refractivity contribution in [2.75, 3.05) is 0 Å². The second kappa shape index (κ2) is 5.23. The van der Waals surface area contributed by atoms with E-state index in [1.165, 1.54) is 5.56 Å². The minimum Gasteiger partial charge on any atom is -0.444 e. The number of alkyl carbamates (subject to hydrolysis) is 1. The zero-order valence-electron chi connectivity index (χ0n) is 12.1. The van der Waals surface area contributed by atoms with Gasteiger partial charge in [0.15, 0.2) is 0 Å².